The Morgan fingerprint density at radius 2 is 1.72 bits per heavy atom. The van der Waals surface area contributed by atoms with Crippen LogP contribution in [0.4, 0.5) is 18.9 Å². The van der Waals surface area contributed by atoms with E-state index in [1.807, 2.05) is 0 Å². The summed E-state index contributed by atoms with van der Waals surface area (Å²) in [6, 6.07) is 0.718. The molecule has 0 aliphatic carbocycles. The fourth-order valence-corrected chi connectivity index (χ4v) is 2.03. The van der Waals surface area contributed by atoms with Crippen molar-refractivity contribution in [2.75, 3.05) is 5.73 Å². The molecule has 100 valence electrons. The van der Waals surface area contributed by atoms with Crippen LogP contribution in [0, 0.1) is 0 Å². The molecule has 0 saturated heterocycles. The van der Waals surface area contributed by atoms with Crippen molar-refractivity contribution in [1.29, 1.82) is 0 Å². The summed E-state index contributed by atoms with van der Waals surface area (Å²) in [5.74, 6) is -1.16. The number of amides is 1. The van der Waals surface area contributed by atoms with E-state index < -0.39 is 43.8 Å². The van der Waals surface area contributed by atoms with Gasteiger partial charge in [-0.1, -0.05) is 0 Å². The summed E-state index contributed by atoms with van der Waals surface area (Å²) in [4.78, 5) is 9.64. The van der Waals surface area contributed by atoms with Gasteiger partial charge >= 0.3 is 6.18 Å². The molecular formula is C8H8F3N3O3S. The number of nitrogens with two attached hydrogens (primary N) is 3. The van der Waals surface area contributed by atoms with Crippen LogP contribution in [-0.4, -0.2) is 14.3 Å². The predicted molar refractivity (Wildman–Crippen MR) is 55.7 cm³/mol. The summed E-state index contributed by atoms with van der Waals surface area (Å²) in [6.45, 7) is 0. The molecule has 0 spiro atoms. The van der Waals surface area contributed by atoms with Crippen molar-refractivity contribution in [2.24, 2.45) is 10.9 Å². The molecule has 6 nitrogen and oxygen atoms in total. The Morgan fingerprint density at radius 3 is 2.06 bits per heavy atom. The number of carbonyl (C=O) groups excluding carboxylic acids is 1. The van der Waals surface area contributed by atoms with E-state index in [1.54, 1.807) is 0 Å². The van der Waals surface area contributed by atoms with Crippen LogP contribution < -0.4 is 16.6 Å². The monoisotopic (exact) mass is 283 g/mol. The first kappa shape index (κ1) is 14.3. The molecule has 1 aromatic carbocycles. The van der Waals surface area contributed by atoms with Crippen molar-refractivity contribution < 1.29 is 26.4 Å². The lowest BCUT2D eigenvalue weighted by Crippen LogP contribution is -2.22. The second-order valence-corrected chi connectivity index (χ2v) is 4.87. The first-order valence-electron chi connectivity index (χ1n) is 4.28. The first-order chi connectivity index (χ1) is 7.94. The lowest BCUT2D eigenvalue weighted by molar-refractivity contribution is -0.139. The van der Waals surface area contributed by atoms with Crippen LogP contribution >= 0.6 is 0 Å². The van der Waals surface area contributed by atoms with Gasteiger partial charge in [0.2, 0.25) is 10.0 Å². The number of halogens is 3. The number of rotatable bonds is 2. The second kappa shape index (κ2) is 4.14. The Bertz CT molecular complexity index is 610. The average Bonchev–Trinajstić information content (AvgIpc) is 2.13. The molecule has 0 heterocycles. The van der Waals surface area contributed by atoms with Crippen molar-refractivity contribution in [1.82, 2.24) is 0 Å². The number of benzene rings is 1. The Hall–Kier alpha value is -1.81. The van der Waals surface area contributed by atoms with Crippen molar-refractivity contribution >= 4 is 21.6 Å². The van der Waals surface area contributed by atoms with Crippen LogP contribution in [-0.2, 0) is 16.2 Å². The lowest BCUT2D eigenvalue weighted by atomic mass is 10.1. The van der Waals surface area contributed by atoms with Gasteiger partial charge in [-0.3, -0.25) is 4.79 Å². The van der Waals surface area contributed by atoms with Crippen molar-refractivity contribution in [3.63, 3.8) is 0 Å². The third kappa shape index (κ3) is 2.71. The van der Waals surface area contributed by atoms with Gasteiger partial charge in [-0.25, -0.2) is 13.6 Å². The molecule has 18 heavy (non-hydrogen) atoms. The lowest BCUT2D eigenvalue weighted by Gasteiger charge is -2.13. The van der Waals surface area contributed by atoms with Gasteiger partial charge < -0.3 is 11.5 Å². The minimum Gasteiger partial charge on any atom is -0.398 e. The molecular weight excluding hydrogens is 275 g/mol. The number of hydrogen-bond donors (Lipinski definition) is 3. The zero-order valence-corrected chi connectivity index (χ0v) is 9.47. The summed E-state index contributed by atoms with van der Waals surface area (Å²) in [6.07, 6.45) is -4.98. The summed E-state index contributed by atoms with van der Waals surface area (Å²) >= 11 is 0. The highest BCUT2D eigenvalue weighted by atomic mass is 32.2. The Morgan fingerprint density at radius 1 is 1.22 bits per heavy atom. The quantitative estimate of drug-likeness (QED) is 0.661. The number of anilines is 1. The van der Waals surface area contributed by atoms with Crippen molar-refractivity contribution in [3.8, 4) is 0 Å². The Labute approximate surface area is 99.6 Å². The molecule has 0 saturated carbocycles. The van der Waals surface area contributed by atoms with Gasteiger partial charge in [-0.15, -0.1) is 0 Å². The standard InChI is InChI=1S/C8H8F3N3O3S/c9-8(10,11)4-2-5(12)3(7(13)15)1-6(4)18(14,16)17/h1-2H,12H2,(H2,13,15)(H2,14,16,17). The maximum Gasteiger partial charge on any atom is 0.417 e. The molecule has 0 aromatic heterocycles. The molecule has 0 fully saturated rings. The number of alkyl halides is 3. The van der Waals surface area contributed by atoms with Gasteiger partial charge in [0.15, 0.2) is 0 Å². The third-order valence-electron chi connectivity index (χ3n) is 2.03. The molecule has 1 amide bonds. The molecule has 0 unspecified atom stereocenters. The van der Waals surface area contributed by atoms with E-state index in [2.05, 4.69) is 5.14 Å². The van der Waals surface area contributed by atoms with Gasteiger partial charge in [0.1, 0.15) is 0 Å². The fourth-order valence-electron chi connectivity index (χ4n) is 1.27. The first-order valence-corrected chi connectivity index (χ1v) is 5.82. The van der Waals surface area contributed by atoms with Crippen LogP contribution in [0.25, 0.3) is 0 Å². The number of primary amides is 1. The maximum atomic E-state index is 12.6. The van der Waals surface area contributed by atoms with E-state index in [9.17, 15) is 26.4 Å². The zero-order valence-electron chi connectivity index (χ0n) is 8.65. The molecule has 1 rings (SSSR count). The van der Waals surface area contributed by atoms with Gasteiger partial charge in [0.25, 0.3) is 5.91 Å². The highest BCUT2D eigenvalue weighted by molar-refractivity contribution is 7.89. The summed E-state index contributed by atoms with van der Waals surface area (Å²) < 4.78 is 59.9. The molecule has 0 atom stereocenters. The van der Waals surface area contributed by atoms with Crippen LogP contribution in [0.1, 0.15) is 15.9 Å². The van der Waals surface area contributed by atoms with Crippen molar-refractivity contribution in [2.45, 2.75) is 11.1 Å². The van der Waals surface area contributed by atoms with Gasteiger partial charge in [0.05, 0.1) is 16.0 Å². The van der Waals surface area contributed by atoms with E-state index in [0.29, 0.717) is 12.1 Å². The van der Waals surface area contributed by atoms with Gasteiger partial charge in [-0.05, 0) is 12.1 Å². The molecule has 0 aliphatic rings. The number of carbonyl (C=O) groups is 1. The summed E-state index contributed by atoms with van der Waals surface area (Å²) in [5, 5.41) is 4.65. The Balaban J connectivity index is 3.75. The smallest absolute Gasteiger partial charge is 0.398 e. The third-order valence-corrected chi connectivity index (χ3v) is 2.98. The predicted octanol–water partition coefficient (Wildman–Crippen LogP) is 0.0339. The van der Waals surface area contributed by atoms with E-state index in [-0.39, 0.29) is 0 Å². The number of hydrogen-bond acceptors (Lipinski definition) is 4. The average molecular weight is 283 g/mol. The Kier molecular flexibility index (Phi) is 3.28. The number of primary sulfonamides is 1. The maximum absolute atomic E-state index is 12.6. The summed E-state index contributed by atoms with van der Waals surface area (Å²) in [5.41, 5.74) is 7.37. The van der Waals surface area contributed by atoms with Crippen LogP contribution in [0.2, 0.25) is 0 Å². The topological polar surface area (TPSA) is 129 Å². The highest BCUT2D eigenvalue weighted by Gasteiger charge is 2.37. The molecule has 1 aromatic rings. The highest BCUT2D eigenvalue weighted by Crippen LogP contribution is 2.36. The molecule has 6 N–H and O–H groups in total. The zero-order chi connectivity index (χ0) is 14.3. The SMILES string of the molecule is NC(=O)c1cc(S(N)(=O)=O)c(C(F)(F)F)cc1N. The minimum absolute atomic E-state index is 0.305. The summed E-state index contributed by atoms with van der Waals surface area (Å²) in [7, 11) is -4.67. The van der Waals surface area contributed by atoms with E-state index in [4.69, 9.17) is 11.5 Å². The van der Waals surface area contributed by atoms with Gasteiger partial charge in [0, 0.05) is 5.69 Å². The molecule has 0 aliphatic heterocycles. The minimum atomic E-state index is -4.98. The number of nitrogen functional groups attached to an aromatic ring is 1. The molecule has 0 radical (unpaired) electrons. The second-order valence-electron chi connectivity index (χ2n) is 3.34. The number of sulfonamides is 1. The van der Waals surface area contributed by atoms with E-state index in [0.717, 1.165) is 0 Å². The fraction of sp³-hybridized carbons (Fsp3) is 0.125. The van der Waals surface area contributed by atoms with E-state index >= 15 is 0 Å². The largest absolute Gasteiger partial charge is 0.417 e. The molecule has 0 bridgehead atoms. The van der Waals surface area contributed by atoms with Crippen molar-refractivity contribution in [3.05, 3.63) is 23.3 Å². The normalized spacial score (nSPS) is 12.4. The van der Waals surface area contributed by atoms with Crippen LogP contribution in [0.15, 0.2) is 17.0 Å². The van der Waals surface area contributed by atoms with Crippen LogP contribution in [0.3, 0.4) is 0 Å². The van der Waals surface area contributed by atoms with Crippen LogP contribution in [0.5, 0.6) is 0 Å². The van der Waals surface area contributed by atoms with Gasteiger partial charge in [-0.2, -0.15) is 13.2 Å². The molecule has 10 heteroatoms. The van der Waals surface area contributed by atoms with E-state index in [1.165, 1.54) is 0 Å².